The molecule has 0 aliphatic heterocycles. The first-order chi connectivity index (χ1) is 9.60. The van der Waals surface area contributed by atoms with E-state index in [-0.39, 0.29) is 11.3 Å². The van der Waals surface area contributed by atoms with Crippen LogP contribution in [-0.4, -0.2) is 7.11 Å². The molecular formula is C15H14F3NO. The Labute approximate surface area is 115 Å². The van der Waals surface area contributed by atoms with Crippen molar-refractivity contribution in [1.29, 1.82) is 0 Å². The molecule has 0 atom stereocenters. The Morgan fingerprint density at radius 3 is 2.35 bits per heavy atom. The summed E-state index contributed by atoms with van der Waals surface area (Å²) in [6, 6.07) is 10.6. The van der Waals surface area contributed by atoms with Crippen molar-refractivity contribution in [2.45, 2.75) is 13.0 Å². The summed E-state index contributed by atoms with van der Waals surface area (Å²) in [5, 5.41) is 3.02. The summed E-state index contributed by atoms with van der Waals surface area (Å²) < 4.78 is 43.1. The van der Waals surface area contributed by atoms with Crippen LogP contribution in [-0.2, 0) is 6.54 Å². The van der Waals surface area contributed by atoms with Crippen molar-refractivity contribution in [3.63, 3.8) is 0 Å². The van der Waals surface area contributed by atoms with Gasteiger partial charge in [0.1, 0.15) is 0 Å². The lowest BCUT2D eigenvalue weighted by atomic mass is 10.1. The third-order valence-electron chi connectivity index (χ3n) is 2.88. The molecule has 0 aromatic heterocycles. The second-order valence-corrected chi connectivity index (χ2v) is 4.25. The van der Waals surface area contributed by atoms with Gasteiger partial charge in [-0.05, 0) is 17.7 Å². The Kier molecular flexibility index (Phi) is 4.50. The standard InChI is InChI=1S/C15H14F3NO/c1-20-14-7-6-12(8-13(14)16)19-9-10-2-4-11(5-3-10)15(17)18/h2-8,15,19H,9H2,1H3. The molecule has 0 spiro atoms. The molecule has 0 saturated carbocycles. The second kappa shape index (κ2) is 6.32. The maximum atomic E-state index is 13.5. The summed E-state index contributed by atoms with van der Waals surface area (Å²) in [6.07, 6.45) is -2.47. The summed E-state index contributed by atoms with van der Waals surface area (Å²) in [5.74, 6) is -0.276. The van der Waals surface area contributed by atoms with Gasteiger partial charge in [0.25, 0.3) is 6.43 Å². The third-order valence-corrected chi connectivity index (χ3v) is 2.88. The number of hydrogen-bond acceptors (Lipinski definition) is 2. The van der Waals surface area contributed by atoms with E-state index in [0.29, 0.717) is 12.2 Å². The molecule has 2 aromatic carbocycles. The van der Waals surface area contributed by atoms with E-state index in [1.807, 2.05) is 0 Å². The zero-order valence-electron chi connectivity index (χ0n) is 10.9. The predicted molar refractivity (Wildman–Crippen MR) is 71.7 cm³/mol. The Morgan fingerprint density at radius 1 is 1.10 bits per heavy atom. The van der Waals surface area contributed by atoms with E-state index in [1.54, 1.807) is 18.2 Å². The molecule has 0 heterocycles. The second-order valence-electron chi connectivity index (χ2n) is 4.25. The highest BCUT2D eigenvalue weighted by molar-refractivity contribution is 5.47. The van der Waals surface area contributed by atoms with Crippen LogP contribution in [0.2, 0.25) is 0 Å². The molecule has 0 amide bonds. The van der Waals surface area contributed by atoms with Crippen LogP contribution in [0.4, 0.5) is 18.9 Å². The van der Waals surface area contributed by atoms with Crippen LogP contribution in [0.25, 0.3) is 0 Å². The van der Waals surface area contributed by atoms with E-state index in [1.165, 1.54) is 31.4 Å². The third kappa shape index (κ3) is 3.44. The number of hydrogen-bond donors (Lipinski definition) is 1. The summed E-state index contributed by atoms with van der Waals surface area (Å²) in [4.78, 5) is 0. The predicted octanol–water partition coefficient (Wildman–Crippen LogP) is 4.38. The number of alkyl halides is 2. The Hall–Kier alpha value is -2.17. The Morgan fingerprint density at radius 2 is 1.80 bits per heavy atom. The van der Waals surface area contributed by atoms with Gasteiger partial charge in [0.2, 0.25) is 0 Å². The molecule has 5 heteroatoms. The highest BCUT2D eigenvalue weighted by Gasteiger charge is 2.06. The molecule has 0 unspecified atom stereocenters. The van der Waals surface area contributed by atoms with Gasteiger partial charge in [-0.2, -0.15) is 0 Å². The van der Waals surface area contributed by atoms with Crippen LogP contribution in [0.3, 0.4) is 0 Å². The minimum atomic E-state index is -2.47. The van der Waals surface area contributed by atoms with Crippen molar-refractivity contribution in [3.05, 3.63) is 59.4 Å². The minimum Gasteiger partial charge on any atom is -0.494 e. The van der Waals surface area contributed by atoms with E-state index in [9.17, 15) is 13.2 Å². The molecule has 0 saturated heterocycles. The molecule has 2 nitrogen and oxygen atoms in total. The molecule has 20 heavy (non-hydrogen) atoms. The molecule has 0 bridgehead atoms. The molecule has 0 fully saturated rings. The molecule has 2 rings (SSSR count). The lowest BCUT2D eigenvalue weighted by molar-refractivity contribution is 0.151. The van der Waals surface area contributed by atoms with Gasteiger partial charge in [-0.3, -0.25) is 0 Å². The van der Waals surface area contributed by atoms with Crippen LogP contribution >= 0.6 is 0 Å². The van der Waals surface area contributed by atoms with Gasteiger partial charge in [0.05, 0.1) is 7.11 Å². The van der Waals surface area contributed by atoms with Crippen molar-refractivity contribution < 1.29 is 17.9 Å². The van der Waals surface area contributed by atoms with Gasteiger partial charge in [0.15, 0.2) is 11.6 Å². The maximum Gasteiger partial charge on any atom is 0.263 e. The highest BCUT2D eigenvalue weighted by atomic mass is 19.3. The lowest BCUT2D eigenvalue weighted by Gasteiger charge is -2.09. The van der Waals surface area contributed by atoms with Gasteiger partial charge < -0.3 is 10.1 Å². The number of methoxy groups -OCH3 is 1. The first-order valence-electron chi connectivity index (χ1n) is 6.04. The van der Waals surface area contributed by atoms with Gasteiger partial charge in [-0.1, -0.05) is 24.3 Å². The smallest absolute Gasteiger partial charge is 0.263 e. The van der Waals surface area contributed by atoms with Crippen LogP contribution in [0.5, 0.6) is 5.75 Å². The molecule has 106 valence electrons. The fourth-order valence-corrected chi connectivity index (χ4v) is 1.76. The first-order valence-corrected chi connectivity index (χ1v) is 6.04. The van der Waals surface area contributed by atoms with E-state index in [2.05, 4.69) is 5.32 Å². The topological polar surface area (TPSA) is 21.3 Å². The molecule has 0 aliphatic rings. The van der Waals surface area contributed by atoms with E-state index < -0.39 is 12.2 Å². The molecule has 0 aliphatic carbocycles. The number of rotatable bonds is 5. The number of ether oxygens (including phenoxy) is 1. The largest absolute Gasteiger partial charge is 0.494 e. The summed E-state index contributed by atoms with van der Waals surface area (Å²) in [6.45, 7) is 0.426. The molecule has 0 radical (unpaired) electrons. The van der Waals surface area contributed by atoms with Gasteiger partial charge in [-0.15, -0.1) is 0 Å². The molecule has 2 aromatic rings. The van der Waals surface area contributed by atoms with Crippen LogP contribution < -0.4 is 10.1 Å². The zero-order chi connectivity index (χ0) is 14.5. The zero-order valence-corrected chi connectivity index (χ0v) is 10.9. The molecular weight excluding hydrogens is 267 g/mol. The number of anilines is 1. The number of halogens is 3. The number of nitrogens with one attached hydrogen (secondary N) is 1. The van der Waals surface area contributed by atoms with Gasteiger partial charge in [0, 0.05) is 23.9 Å². The Bertz CT molecular complexity index is 570. The van der Waals surface area contributed by atoms with Gasteiger partial charge in [-0.25, -0.2) is 13.2 Å². The fourth-order valence-electron chi connectivity index (χ4n) is 1.76. The van der Waals surface area contributed by atoms with Crippen LogP contribution in [0.1, 0.15) is 17.6 Å². The Balaban J connectivity index is 1.99. The van der Waals surface area contributed by atoms with E-state index in [0.717, 1.165) is 5.56 Å². The SMILES string of the molecule is COc1ccc(NCc2ccc(C(F)F)cc2)cc1F. The van der Waals surface area contributed by atoms with Crippen LogP contribution in [0, 0.1) is 5.82 Å². The molecule has 1 N–H and O–H groups in total. The van der Waals surface area contributed by atoms with Gasteiger partial charge >= 0.3 is 0 Å². The minimum absolute atomic E-state index is 0.00996. The van der Waals surface area contributed by atoms with Crippen LogP contribution in [0.15, 0.2) is 42.5 Å². The fraction of sp³-hybridized carbons (Fsp3) is 0.200. The quantitative estimate of drug-likeness (QED) is 0.878. The van der Waals surface area contributed by atoms with Crippen molar-refractivity contribution in [1.82, 2.24) is 0 Å². The average Bonchev–Trinajstić information content (AvgIpc) is 2.45. The normalized spacial score (nSPS) is 10.7. The van der Waals surface area contributed by atoms with Crippen molar-refractivity contribution in [2.75, 3.05) is 12.4 Å². The van der Waals surface area contributed by atoms with Crippen molar-refractivity contribution in [3.8, 4) is 5.75 Å². The average molecular weight is 281 g/mol. The summed E-state index contributed by atoms with van der Waals surface area (Å²) >= 11 is 0. The number of benzene rings is 2. The summed E-state index contributed by atoms with van der Waals surface area (Å²) in [5.41, 5.74) is 1.43. The van der Waals surface area contributed by atoms with E-state index in [4.69, 9.17) is 4.74 Å². The summed E-state index contributed by atoms with van der Waals surface area (Å²) in [7, 11) is 1.40. The van der Waals surface area contributed by atoms with E-state index >= 15 is 0 Å². The maximum absolute atomic E-state index is 13.5. The van der Waals surface area contributed by atoms with Crippen molar-refractivity contribution >= 4 is 5.69 Å². The van der Waals surface area contributed by atoms with Crippen molar-refractivity contribution in [2.24, 2.45) is 0 Å². The highest BCUT2D eigenvalue weighted by Crippen LogP contribution is 2.22. The monoisotopic (exact) mass is 281 g/mol. The lowest BCUT2D eigenvalue weighted by Crippen LogP contribution is -2.00. The first kappa shape index (κ1) is 14.2.